The van der Waals surface area contributed by atoms with Gasteiger partial charge in [0.1, 0.15) is 0 Å². The summed E-state index contributed by atoms with van der Waals surface area (Å²) in [5, 5.41) is 6.97. The van der Waals surface area contributed by atoms with E-state index in [1.807, 2.05) is 12.3 Å². The standard InChI is InChI=1S/C11H17N3O2/c15-11(2-6-14-5-1-4-13-14)12-8-10-3-7-16-9-10/h1,4-5,10H,2-3,6-9H2,(H,12,15)/t10-/m0/s1. The van der Waals surface area contributed by atoms with Crippen LogP contribution in [0, 0.1) is 5.92 Å². The molecule has 16 heavy (non-hydrogen) atoms. The molecule has 1 aromatic heterocycles. The summed E-state index contributed by atoms with van der Waals surface area (Å²) in [6.45, 7) is 2.98. The number of rotatable bonds is 5. The van der Waals surface area contributed by atoms with Gasteiger partial charge >= 0.3 is 0 Å². The van der Waals surface area contributed by atoms with Crippen molar-refractivity contribution in [1.29, 1.82) is 0 Å². The van der Waals surface area contributed by atoms with E-state index in [0.717, 1.165) is 26.2 Å². The molecule has 1 aromatic rings. The lowest BCUT2D eigenvalue weighted by Gasteiger charge is -2.09. The monoisotopic (exact) mass is 223 g/mol. The molecule has 0 bridgehead atoms. The van der Waals surface area contributed by atoms with E-state index >= 15 is 0 Å². The fraction of sp³-hybridized carbons (Fsp3) is 0.636. The van der Waals surface area contributed by atoms with Crippen LogP contribution >= 0.6 is 0 Å². The first-order valence-electron chi connectivity index (χ1n) is 5.66. The van der Waals surface area contributed by atoms with E-state index in [-0.39, 0.29) is 5.91 Å². The molecule has 0 spiro atoms. The number of nitrogens with zero attached hydrogens (tertiary/aromatic N) is 2. The zero-order valence-corrected chi connectivity index (χ0v) is 9.26. The van der Waals surface area contributed by atoms with Gasteiger partial charge in [0.2, 0.25) is 5.91 Å². The summed E-state index contributed by atoms with van der Waals surface area (Å²) in [6.07, 6.45) is 5.11. The number of aryl methyl sites for hydroxylation is 1. The number of carbonyl (C=O) groups excluding carboxylic acids is 1. The molecule has 88 valence electrons. The van der Waals surface area contributed by atoms with Gasteiger partial charge in [0.05, 0.1) is 6.61 Å². The molecule has 0 unspecified atom stereocenters. The van der Waals surface area contributed by atoms with Gasteiger partial charge in [0.25, 0.3) is 0 Å². The zero-order chi connectivity index (χ0) is 11.2. The van der Waals surface area contributed by atoms with E-state index in [4.69, 9.17) is 4.74 Å². The molecule has 2 heterocycles. The van der Waals surface area contributed by atoms with Crippen molar-refractivity contribution in [2.24, 2.45) is 5.92 Å². The van der Waals surface area contributed by atoms with Crippen LogP contribution < -0.4 is 5.32 Å². The van der Waals surface area contributed by atoms with Gasteiger partial charge in [-0.25, -0.2) is 0 Å². The predicted molar refractivity (Wildman–Crippen MR) is 58.8 cm³/mol. The minimum Gasteiger partial charge on any atom is -0.381 e. The minimum atomic E-state index is 0.0856. The van der Waals surface area contributed by atoms with E-state index in [9.17, 15) is 4.79 Å². The van der Waals surface area contributed by atoms with Crippen molar-refractivity contribution < 1.29 is 9.53 Å². The third-order valence-corrected chi connectivity index (χ3v) is 2.74. The molecule has 1 amide bonds. The highest BCUT2D eigenvalue weighted by atomic mass is 16.5. The van der Waals surface area contributed by atoms with Gasteiger partial charge in [0.15, 0.2) is 0 Å². The largest absolute Gasteiger partial charge is 0.381 e. The normalized spacial score (nSPS) is 19.9. The second-order valence-corrected chi connectivity index (χ2v) is 4.05. The van der Waals surface area contributed by atoms with Gasteiger partial charge in [-0.1, -0.05) is 0 Å². The summed E-state index contributed by atoms with van der Waals surface area (Å²) in [4.78, 5) is 11.5. The summed E-state index contributed by atoms with van der Waals surface area (Å²) in [5.74, 6) is 0.580. The molecule has 5 heteroatoms. The molecule has 1 fully saturated rings. The number of aromatic nitrogens is 2. The Labute approximate surface area is 94.8 Å². The predicted octanol–water partition coefficient (Wildman–Crippen LogP) is 0.426. The average Bonchev–Trinajstić information content (AvgIpc) is 2.96. The van der Waals surface area contributed by atoms with Crippen LogP contribution in [0.25, 0.3) is 0 Å². The van der Waals surface area contributed by atoms with Crippen molar-refractivity contribution in [2.75, 3.05) is 19.8 Å². The number of amides is 1. The molecule has 0 aliphatic carbocycles. The minimum absolute atomic E-state index is 0.0856. The number of ether oxygens (including phenoxy) is 1. The Kier molecular flexibility index (Phi) is 3.93. The first-order valence-corrected chi connectivity index (χ1v) is 5.66. The van der Waals surface area contributed by atoms with E-state index in [1.165, 1.54) is 0 Å². The first-order chi connectivity index (χ1) is 7.84. The van der Waals surface area contributed by atoms with Crippen LogP contribution in [0.4, 0.5) is 0 Å². The second kappa shape index (κ2) is 5.65. The van der Waals surface area contributed by atoms with Crippen molar-refractivity contribution in [3.63, 3.8) is 0 Å². The lowest BCUT2D eigenvalue weighted by molar-refractivity contribution is -0.121. The summed E-state index contributed by atoms with van der Waals surface area (Å²) >= 11 is 0. The van der Waals surface area contributed by atoms with Gasteiger partial charge in [-0.05, 0) is 12.5 Å². The average molecular weight is 223 g/mol. The fourth-order valence-corrected chi connectivity index (χ4v) is 1.74. The first kappa shape index (κ1) is 11.1. The van der Waals surface area contributed by atoms with Crippen LogP contribution in [-0.4, -0.2) is 35.4 Å². The van der Waals surface area contributed by atoms with E-state index in [1.54, 1.807) is 10.9 Å². The summed E-state index contributed by atoms with van der Waals surface area (Å²) in [6, 6.07) is 1.85. The maximum absolute atomic E-state index is 11.5. The quantitative estimate of drug-likeness (QED) is 0.787. The fourth-order valence-electron chi connectivity index (χ4n) is 1.74. The zero-order valence-electron chi connectivity index (χ0n) is 9.26. The van der Waals surface area contributed by atoms with Crippen LogP contribution in [0.2, 0.25) is 0 Å². The number of nitrogens with one attached hydrogen (secondary N) is 1. The highest BCUT2D eigenvalue weighted by molar-refractivity contribution is 5.75. The van der Waals surface area contributed by atoms with E-state index < -0.39 is 0 Å². The third-order valence-electron chi connectivity index (χ3n) is 2.74. The smallest absolute Gasteiger partial charge is 0.221 e. The molecule has 0 saturated carbocycles. The third kappa shape index (κ3) is 3.34. The van der Waals surface area contributed by atoms with E-state index in [0.29, 0.717) is 18.9 Å². The molecule has 1 aliphatic heterocycles. The Morgan fingerprint density at radius 1 is 1.62 bits per heavy atom. The van der Waals surface area contributed by atoms with Crippen molar-refractivity contribution in [1.82, 2.24) is 15.1 Å². The number of hydrogen-bond donors (Lipinski definition) is 1. The van der Waals surface area contributed by atoms with Crippen LogP contribution in [0.15, 0.2) is 18.5 Å². The molecule has 5 nitrogen and oxygen atoms in total. The lowest BCUT2D eigenvalue weighted by Crippen LogP contribution is -2.30. The van der Waals surface area contributed by atoms with Crippen molar-refractivity contribution in [2.45, 2.75) is 19.4 Å². The van der Waals surface area contributed by atoms with E-state index in [2.05, 4.69) is 10.4 Å². The highest BCUT2D eigenvalue weighted by Crippen LogP contribution is 2.10. The Hall–Kier alpha value is -1.36. The Balaban J connectivity index is 1.60. The molecule has 0 aromatic carbocycles. The van der Waals surface area contributed by atoms with Crippen molar-refractivity contribution >= 4 is 5.91 Å². The van der Waals surface area contributed by atoms with Crippen LogP contribution in [0.3, 0.4) is 0 Å². The van der Waals surface area contributed by atoms with Gasteiger partial charge < -0.3 is 10.1 Å². The molecular weight excluding hydrogens is 206 g/mol. The Morgan fingerprint density at radius 3 is 3.25 bits per heavy atom. The van der Waals surface area contributed by atoms with Gasteiger partial charge in [-0.2, -0.15) is 5.10 Å². The molecule has 0 radical (unpaired) electrons. The van der Waals surface area contributed by atoms with Crippen molar-refractivity contribution in [3.8, 4) is 0 Å². The molecule has 1 N–H and O–H groups in total. The van der Waals surface area contributed by atoms with Crippen LogP contribution in [-0.2, 0) is 16.1 Å². The highest BCUT2D eigenvalue weighted by Gasteiger charge is 2.15. The lowest BCUT2D eigenvalue weighted by atomic mass is 10.1. The second-order valence-electron chi connectivity index (χ2n) is 4.05. The van der Waals surface area contributed by atoms with Gasteiger partial charge in [-0.3, -0.25) is 9.48 Å². The molecule has 1 atom stereocenters. The number of hydrogen-bond acceptors (Lipinski definition) is 3. The van der Waals surface area contributed by atoms with Crippen LogP contribution in [0.1, 0.15) is 12.8 Å². The maximum Gasteiger partial charge on any atom is 0.221 e. The van der Waals surface area contributed by atoms with Gasteiger partial charge in [0, 0.05) is 44.4 Å². The summed E-state index contributed by atoms with van der Waals surface area (Å²) < 4.78 is 7.01. The molecule has 1 saturated heterocycles. The summed E-state index contributed by atoms with van der Waals surface area (Å²) in [7, 11) is 0. The maximum atomic E-state index is 11.5. The molecular formula is C11H17N3O2. The topological polar surface area (TPSA) is 56.2 Å². The SMILES string of the molecule is O=C(CCn1cccn1)NC[C@@H]1CCOC1. The molecule has 1 aliphatic rings. The van der Waals surface area contributed by atoms with Crippen LogP contribution in [0.5, 0.6) is 0 Å². The summed E-state index contributed by atoms with van der Waals surface area (Å²) in [5.41, 5.74) is 0. The number of carbonyl (C=O) groups is 1. The molecule has 2 rings (SSSR count). The Morgan fingerprint density at radius 2 is 2.56 bits per heavy atom. The van der Waals surface area contributed by atoms with Gasteiger partial charge in [-0.15, -0.1) is 0 Å². The Bertz CT molecular complexity index is 318. The van der Waals surface area contributed by atoms with Crippen molar-refractivity contribution in [3.05, 3.63) is 18.5 Å².